The van der Waals surface area contributed by atoms with Crippen molar-refractivity contribution < 1.29 is 4.74 Å². The van der Waals surface area contributed by atoms with Gasteiger partial charge in [-0.25, -0.2) is 0 Å². The van der Waals surface area contributed by atoms with Crippen LogP contribution in [0.2, 0.25) is 0 Å². The highest BCUT2D eigenvalue weighted by atomic mass is 16.5. The van der Waals surface area contributed by atoms with Crippen LogP contribution >= 0.6 is 0 Å². The topological polar surface area (TPSA) is 38.5 Å². The van der Waals surface area contributed by atoms with E-state index in [9.17, 15) is 0 Å². The number of rotatable bonds is 3. The molecule has 3 nitrogen and oxygen atoms in total. The second kappa shape index (κ2) is 5.28. The van der Waals surface area contributed by atoms with Gasteiger partial charge in [0, 0.05) is 6.54 Å². The maximum absolute atomic E-state index is 5.85. The number of nitrogens with zero attached hydrogens (tertiary/aromatic N) is 1. The summed E-state index contributed by atoms with van der Waals surface area (Å²) < 4.78 is 5.85. The molecule has 2 unspecified atom stereocenters. The van der Waals surface area contributed by atoms with Gasteiger partial charge in [-0.3, -0.25) is 0 Å². The van der Waals surface area contributed by atoms with Gasteiger partial charge in [0.25, 0.3) is 0 Å². The third kappa shape index (κ3) is 3.16. The van der Waals surface area contributed by atoms with Crippen LogP contribution < -0.4 is 5.73 Å². The monoisotopic (exact) mass is 212 g/mol. The van der Waals surface area contributed by atoms with Crippen molar-refractivity contribution in [3.8, 4) is 0 Å². The Labute approximate surface area is 93.0 Å². The summed E-state index contributed by atoms with van der Waals surface area (Å²) in [6, 6.07) is 0. The fourth-order valence-corrected chi connectivity index (χ4v) is 2.71. The summed E-state index contributed by atoms with van der Waals surface area (Å²) in [5, 5.41) is 0. The van der Waals surface area contributed by atoms with Gasteiger partial charge in [-0.05, 0) is 58.2 Å². The van der Waals surface area contributed by atoms with Crippen LogP contribution in [0.4, 0.5) is 0 Å². The first-order valence-electron chi connectivity index (χ1n) is 6.36. The molecule has 2 N–H and O–H groups in total. The van der Waals surface area contributed by atoms with Crippen LogP contribution in [0.3, 0.4) is 0 Å². The Bertz CT molecular complexity index is 190. The number of likely N-dealkylation sites (tertiary alicyclic amines) is 1. The molecule has 2 saturated heterocycles. The Kier molecular flexibility index (Phi) is 4.00. The maximum Gasteiger partial charge on any atom is 0.0706 e. The van der Waals surface area contributed by atoms with Crippen molar-refractivity contribution in [2.75, 3.05) is 26.2 Å². The van der Waals surface area contributed by atoms with E-state index in [0.29, 0.717) is 12.2 Å². The van der Waals surface area contributed by atoms with Gasteiger partial charge in [0.15, 0.2) is 0 Å². The highest BCUT2D eigenvalue weighted by Gasteiger charge is 2.26. The number of hydrogen-bond donors (Lipinski definition) is 1. The number of nitrogens with two attached hydrogens (primary N) is 1. The van der Waals surface area contributed by atoms with Crippen molar-refractivity contribution in [2.24, 2.45) is 11.7 Å². The van der Waals surface area contributed by atoms with Crippen molar-refractivity contribution in [3.63, 3.8) is 0 Å². The molecule has 2 aliphatic heterocycles. The fraction of sp³-hybridized carbons (Fsp3) is 1.00. The molecule has 2 rings (SSSR count). The number of hydrogen-bond acceptors (Lipinski definition) is 3. The lowest BCUT2D eigenvalue weighted by atomic mass is 9.97. The molecule has 0 aromatic rings. The summed E-state index contributed by atoms with van der Waals surface area (Å²) in [5.41, 5.74) is 5.69. The van der Waals surface area contributed by atoms with E-state index in [1.165, 1.54) is 38.8 Å². The highest BCUT2D eigenvalue weighted by molar-refractivity contribution is 4.78. The molecule has 0 radical (unpaired) electrons. The minimum Gasteiger partial charge on any atom is -0.374 e. The van der Waals surface area contributed by atoms with Gasteiger partial charge in [-0.1, -0.05) is 0 Å². The van der Waals surface area contributed by atoms with Crippen LogP contribution in [-0.2, 0) is 4.74 Å². The van der Waals surface area contributed by atoms with E-state index in [1.807, 2.05) is 0 Å². The molecule has 3 heteroatoms. The molecular weight excluding hydrogens is 188 g/mol. The summed E-state index contributed by atoms with van der Waals surface area (Å²) in [5.74, 6) is 0.768. The van der Waals surface area contributed by atoms with E-state index in [4.69, 9.17) is 10.5 Å². The van der Waals surface area contributed by atoms with Crippen molar-refractivity contribution in [1.82, 2.24) is 4.90 Å². The first-order valence-corrected chi connectivity index (χ1v) is 6.36. The normalized spacial score (nSPS) is 34.8. The van der Waals surface area contributed by atoms with E-state index < -0.39 is 0 Å². The Morgan fingerprint density at radius 2 is 1.93 bits per heavy atom. The zero-order valence-electron chi connectivity index (χ0n) is 9.82. The standard InChI is InChI=1S/C12H24N2O/c1-10-2-3-12(15-10)9-14-6-4-11(8-13)5-7-14/h10-12H,2-9,13H2,1H3. The Balaban J connectivity index is 1.68. The van der Waals surface area contributed by atoms with Gasteiger partial charge in [0.1, 0.15) is 0 Å². The highest BCUT2D eigenvalue weighted by Crippen LogP contribution is 2.22. The van der Waals surface area contributed by atoms with Crippen molar-refractivity contribution in [1.29, 1.82) is 0 Å². The molecule has 0 saturated carbocycles. The molecule has 2 atom stereocenters. The summed E-state index contributed by atoms with van der Waals surface area (Å²) in [6.45, 7) is 6.62. The van der Waals surface area contributed by atoms with E-state index in [-0.39, 0.29) is 0 Å². The second-order valence-electron chi connectivity index (χ2n) is 5.13. The molecule has 0 amide bonds. The zero-order valence-corrected chi connectivity index (χ0v) is 9.82. The summed E-state index contributed by atoms with van der Waals surface area (Å²) in [4.78, 5) is 2.55. The van der Waals surface area contributed by atoms with E-state index in [1.54, 1.807) is 0 Å². The van der Waals surface area contributed by atoms with Crippen LogP contribution in [0.25, 0.3) is 0 Å². The van der Waals surface area contributed by atoms with Crippen LogP contribution in [0.1, 0.15) is 32.6 Å². The number of piperidine rings is 1. The average Bonchev–Trinajstić information content (AvgIpc) is 2.65. The van der Waals surface area contributed by atoms with Crippen LogP contribution in [-0.4, -0.2) is 43.3 Å². The van der Waals surface area contributed by atoms with Crippen LogP contribution in [0.5, 0.6) is 0 Å². The number of ether oxygens (including phenoxy) is 1. The molecule has 0 aromatic heterocycles. The lowest BCUT2D eigenvalue weighted by molar-refractivity contribution is 0.0242. The third-order valence-corrected chi connectivity index (χ3v) is 3.82. The van der Waals surface area contributed by atoms with Crippen LogP contribution in [0, 0.1) is 5.92 Å². The van der Waals surface area contributed by atoms with Gasteiger partial charge in [0.2, 0.25) is 0 Å². The van der Waals surface area contributed by atoms with Crippen LogP contribution in [0.15, 0.2) is 0 Å². The first-order chi connectivity index (χ1) is 7.28. The SMILES string of the molecule is CC1CCC(CN2CCC(CN)CC2)O1. The van der Waals surface area contributed by atoms with Gasteiger partial charge >= 0.3 is 0 Å². The zero-order chi connectivity index (χ0) is 10.7. The largest absolute Gasteiger partial charge is 0.374 e. The summed E-state index contributed by atoms with van der Waals surface area (Å²) in [6.07, 6.45) is 6.02. The van der Waals surface area contributed by atoms with Gasteiger partial charge < -0.3 is 15.4 Å². The molecule has 0 bridgehead atoms. The van der Waals surface area contributed by atoms with Gasteiger partial charge in [-0.2, -0.15) is 0 Å². The molecule has 15 heavy (non-hydrogen) atoms. The summed E-state index contributed by atoms with van der Waals surface area (Å²) >= 11 is 0. The first kappa shape index (κ1) is 11.4. The van der Waals surface area contributed by atoms with E-state index in [2.05, 4.69) is 11.8 Å². The van der Waals surface area contributed by atoms with Crippen molar-refractivity contribution in [3.05, 3.63) is 0 Å². The fourth-order valence-electron chi connectivity index (χ4n) is 2.71. The predicted molar refractivity (Wildman–Crippen MR) is 61.8 cm³/mol. The second-order valence-corrected chi connectivity index (χ2v) is 5.13. The van der Waals surface area contributed by atoms with Gasteiger partial charge in [-0.15, -0.1) is 0 Å². The molecular formula is C12H24N2O. The third-order valence-electron chi connectivity index (χ3n) is 3.82. The molecule has 2 fully saturated rings. The Hall–Kier alpha value is -0.120. The molecule has 2 heterocycles. The molecule has 0 aromatic carbocycles. The lowest BCUT2D eigenvalue weighted by Gasteiger charge is -2.32. The molecule has 0 spiro atoms. The minimum atomic E-state index is 0.483. The predicted octanol–water partition coefficient (Wildman–Crippen LogP) is 1.22. The lowest BCUT2D eigenvalue weighted by Crippen LogP contribution is -2.40. The van der Waals surface area contributed by atoms with Gasteiger partial charge in [0.05, 0.1) is 12.2 Å². The van der Waals surface area contributed by atoms with Crippen molar-refractivity contribution in [2.45, 2.75) is 44.8 Å². The maximum atomic E-state index is 5.85. The van der Waals surface area contributed by atoms with Crippen molar-refractivity contribution >= 4 is 0 Å². The molecule has 0 aliphatic carbocycles. The molecule has 2 aliphatic rings. The Morgan fingerprint density at radius 1 is 1.20 bits per heavy atom. The Morgan fingerprint density at radius 3 is 2.47 bits per heavy atom. The van der Waals surface area contributed by atoms with E-state index in [0.717, 1.165) is 19.0 Å². The minimum absolute atomic E-state index is 0.483. The quantitative estimate of drug-likeness (QED) is 0.764. The average molecular weight is 212 g/mol. The van der Waals surface area contributed by atoms with E-state index >= 15 is 0 Å². The molecule has 88 valence electrons. The smallest absolute Gasteiger partial charge is 0.0706 e. The summed E-state index contributed by atoms with van der Waals surface area (Å²) in [7, 11) is 0.